The molecule has 6 nitrogen and oxygen atoms in total. The molecule has 6 heteroatoms. The second kappa shape index (κ2) is 5.89. The van der Waals surface area contributed by atoms with Crippen LogP contribution >= 0.6 is 0 Å². The Hall–Kier alpha value is -1.82. The summed E-state index contributed by atoms with van der Waals surface area (Å²) in [5.74, 6) is 0.219. The number of piperidine rings is 1. The van der Waals surface area contributed by atoms with Gasteiger partial charge in [0.15, 0.2) is 0 Å². The van der Waals surface area contributed by atoms with Gasteiger partial charge in [0.05, 0.1) is 18.7 Å². The van der Waals surface area contributed by atoms with Crippen molar-refractivity contribution in [3.8, 4) is 0 Å². The lowest BCUT2D eigenvalue weighted by atomic mass is 9.96. The average molecular weight is 291 g/mol. The number of hydrogen-bond acceptors (Lipinski definition) is 3. The average Bonchev–Trinajstić information content (AvgIpc) is 3.15. The zero-order valence-electron chi connectivity index (χ0n) is 12.2. The quantitative estimate of drug-likeness (QED) is 0.895. The summed E-state index contributed by atoms with van der Waals surface area (Å²) in [4.78, 5) is 31.4. The molecular weight excluding hydrogens is 270 g/mol. The van der Waals surface area contributed by atoms with Crippen LogP contribution in [0, 0.1) is 0 Å². The summed E-state index contributed by atoms with van der Waals surface area (Å²) >= 11 is 0. The van der Waals surface area contributed by atoms with Gasteiger partial charge >= 0.3 is 0 Å². The molecule has 1 aromatic rings. The fourth-order valence-corrected chi connectivity index (χ4v) is 3.50. The van der Waals surface area contributed by atoms with E-state index < -0.39 is 0 Å². The number of amides is 2. The Morgan fingerprint density at radius 1 is 1.43 bits per heavy atom. The molecule has 0 unspecified atom stereocenters. The van der Waals surface area contributed by atoms with Crippen LogP contribution in [-0.4, -0.2) is 65.5 Å². The van der Waals surface area contributed by atoms with Crippen molar-refractivity contribution in [1.29, 1.82) is 0 Å². The molecule has 21 heavy (non-hydrogen) atoms. The summed E-state index contributed by atoms with van der Waals surface area (Å²) in [6, 6.07) is 3.90. The fourth-order valence-electron chi connectivity index (χ4n) is 3.50. The third-order valence-electron chi connectivity index (χ3n) is 4.51. The SMILES string of the molecule is COCCN1C(=O)CC[C@@H]2[C@H]1CCN2C(=O)c1ccc[nH]1. The van der Waals surface area contributed by atoms with Gasteiger partial charge < -0.3 is 19.5 Å². The molecule has 0 spiro atoms. The van der Waals surface area contributed by atoms with Crippen LogP contribution in [0.5, 0.6) is 0 Å². The molecule has 0 aromatic carbocycles. The van der Waals surface area contributed by atoms with E-state index in [1.807, 2.05) is 15.9 Å². The van der Waals surface area contributed by atoms with E-state index in [9.17, 15) is 9.59 Å². The molecule has 2 aliphatic rings. The Morgan fingerprint density at radius 2 is 2.29 bits per heavy atom. The van der Waals surface area contributed by atoms with Crippen molar-refractivity contribution in [2.75, 3.05) is 26.8 Å². The van der Waals surface area contributed by atoms with Crippen molar-refractivity contribution in [3.05, 3.63) is 24.0 Å². The number of hydrogen-bond donors (Lipinski definition) is 1. The van der Waals surface area contributed by atoms with Gasteiger partial charge in [0.1, 0.15) is 5.69 Å². The third kappa shape index (κ3) is 2.55. The predicted octanol–water partition coefficient (Wildman–Crippen LogP) is 0.867. The number of rotatable bonds is 4. The molecule has 2 aliphatic heterocycles. The smallest absolute Gasteiger partial charge is 0.270 e. The van der Waals surface area contributed by atoms with Crippen molar-refractivity contribution >= 4 is 11.8 Å². The molecule has 1 aromatic heterocycles. The maximum atomic E-state index is 12.5. The number of fused-ring (bicyclic) bond motifs is 1. The molecule has 0 aliphatic carbocycles. The number of aromatic nitrogens is 1. The molecule has 3 heterocycles. The molecule has 0 bridgehead atoms. The van der Waals surface area contributed by atoms with Crippen molar-refractivity contribution in [1.82, 2.24) is 14.8 Å². The number of methoxy groups -OCH3 is 1. The Bertz CT molecular complexity index is 514. The Morgan fingerprint density at radius 3 is 3.00 bits per heavy atom. The second-order valence-electron chi connectivity index (χ2n) is 5.62. The predicted molar refractivity (Wildman–Crippen MR) is 76.8 cm³/mol. The minimum Gasteiger partial charge on any atom is -0.383 e. The van der Waals surface area contributed by atoms with E-state index in [2.05, 4.69) is 4.98 Å². The minimum absolute atomic E-state index is 0.0357. The number of nitrogens with one attached hydrogen (secondary N) is 1. The molecule has 0 saturated carbocycles. The summed E-state index contributed by atoms with van der Waals surface area (Å²) in [5.41, 5.74) is 0.621. The van der Waals surface area contributed by atoms with Crippen LogP contribution in [-0.2, 0) is 9.53 Å². The summed E-state index contributed by atoms with van der Waals surface area (Å²) < 4.78 is 5.10. The molecule has 2 saturated heterocycles. The number of carbonyl (C=O) groups excluding carboxylic acids is 2. The third-order valence-corrected chi connectivity index (χ3v) is 4.51. The molecule has 2 atom stereocenters. The van der Waals surface area contributed by atoms with Crippen LogP contribution in [0.25, 0.3) is 0 Å². The van der Waals surface area contributed by atoms with Gasteiger partial charge in [-0.25, -0.2) is 0 Å². The number of likely N-dealkylation sites (tertiary alicyclic amines) is 2. The van der Waals surface area contributed by atoms with Crippen LogP contribution in [0.1, 0.15) is 29.8 Å². The molecular formula is C15H21N3O3. The van der Waals surface area contributed by atoms with Gasteiger partial charge in [-0.2, -0.15) is 0 Å². The maximum absolute atomic E-state index is 12.5. The Labute approximate surface area is 124 Å². The normalized spacial score (nSPS) is 25.3. The number of H-pyrrole nitrogens is 1. The molecule has 3 rings (SSSR count). The lowest BCUT2D eigenvalue weighted by Crippen LogP contribution is -2.54. The topological polar surface area (TPSA) is 65.6 Å². The van der Waals surface area contributed by atoms with E-state index in [-0.39, 0.29) is 23.9 Å². The van der Waals surface area contributed by atoms with E-state index in [0.717, 1.165) is 12.8 Å². The lowest BCUT2D eigenvalue weighted by Gasteiger charge is -2.39. The first-order valence-electron chi connectivity index (χ1n) is 7.45. The summed E-state index contributed by atoms with van der Waals surface area (Å²) in [6.07, 6.45) is 3.89. The summed E-state index contributed by atoms with van der Waals surface area (Å²) in [7, 11) is 1.64. The van der Waals surface area contributed by atoms with Crippen LogP contribution in [0.4, 0.5) is 0 Å². The number of nitrogens with zero attached hydrogens (tertiary/aromatic N) is 2. The zero-order valence-corrected chi connectivity index (χ0v) is 12.2. The van der Waals surface area contributed by atoms with Gasteiger partial charge in [0.2, 0.25) is 5.91 Å². The highest BCUT2D eigenvalue weighted by molar-refractivity contribution is 5.93. The highest BCUT2D eigenvalue weighted by Crippen LogP contribution is 2.32. The summed E-state index contributed by atoms with van der Waals surface area (Å²) in [6.45, 7) is 1.87. The number of aromatic amines is 1. The molecule has 2 fully saturated rings. The van der Waals surface area contributed by atoms with Gasteiger partial charge in [-0.1, -0.05) is 0 Å². The van der Waals surface area contributed by atoms with E-state index in [0.29, 0.717) is 31.8 Å². The van der Waals surface area contributed by atoms with Crippen molar-refractivity contribution in [3.63, 3.8) is 0 Å². The molecule has 0 radical (unpaired) electrons. The number of carbonyl (C=O) groups is 2. The highest BCUT2D eigenvalue weighted by atomic mass is 16.5. The first-order chi connectivity index (χ1) is 10.2. The molecule has 114 valence electrons. The van der Waals surface area contributed by atoms with E-state index in [4.69, 9.17) is 4.74 Å². The first kappa shape index (κ1) is 14.1. The van der Waals surface area contributed by atoms with Crippen molar-refractivity contribution in [2.45, 2.75) is 31.3 Å². The van der Waals surface area contributed by atoms with E-state index >= 15 is 0 Å². The second-order valence-corrected chi connectivity index (χ2v) is 5.62. The fraction of sp³-hybridized carbons (Fsp3) is 0.600. The van der Waals surface area contributed by atoms with Gasteiger partial charge in [-0.05, 0) is 25.0 Å². The maximum Gasteiger partial charge on any atom is 0.270 e. The van der Waals surface area contributed by atoms with Crippen LogP contribution < -0.4 is 0 Å². The van der Waals surface area contributed by atoms with E-state index in [1.165, 1.54) is 0 Å². The van der Waals surface area contributed by atoms with Gasteiger partial charge in [-0.3, -0.25) is 9.59 Å². The van der Waals surface area contributed by atoms with Gasteiger partial charge in [0, 0.05) is 32.8 Å². The van der Waals surface area contributed by atoms with Gasteiger partial charge in [-0.15, -0.1) is 0 Å². The first-order valence-corrected chi connectivity index (χ1v) is 7.45. The van der Waals surface area contributed by atoms with Crippen LogP contribution in [0.3, 0.4) is 0 Å². The largest absolute Gasteiger partial charge is 0.383 e. The molecule has 2 amide bonds. The van der Waals surface area contributed by atoms with Crippen molar-refractivity contribution < 1.29 is 14.3 Å². The monoisotopic (exact) mass is 291 g/mol. The Kier molecular flexibility index (Phi) is 3.96. The lowest BCUT2D eigenvalue weighted by molar-refractivity contribution is -0.138. The van der Waals surface area contributed by atoms with Crippen LogP contribution in [0.15, 0.2) is 18.3 Å². The highest BCUT2D eigenvalue weighted by Gasteiger charge is 2.44. The van der Waals surface area contributed by atoms with Crippen molar-refractivity contribution in [2.24, 2.45) is 0 Å². The zero-order chi connectivity index (χ0) is 14.8. The summed E-state index contributed by atoms with van der Waals surface area (Å²) in [5, 5.41) is 0. The van der Waals surface area contributed by atoms with Crippen LogP contribution in [0.2, 0.25) is 0 Å². The standard InChI is InChI=1S/C15H21N3O3/c1-21-10-9-17-13-6-8-18(12(13)4-5-14(17)19)15(20)11-3-2-7-16-11/h2-3,7,12-13,16H,4-6,8-10H2,1H3/t12-,13-/m1/s1. The van der Waals surface area contributed by atoms with E-state index in [1.54, 1.807) is 19.4 Å². The molecule has 1 N–H and O–H groups in total. The number of ether oxygens (including phenoxy) is 1. The van der Waals surface area contributed by atoms with Gasteiger partial charge in [0.25, 0.3) is 5.91 Å². The minimum atomic E-state index is 0.0357. The Balaban J connectivity index is 1.74.